The molecule has 0 aliphatic rings. The molecule has 0 saturated carbocycles. The topological polar surface area (TPSA) is 94.4 Å². The zero-order valence-corrected chi connectivity index (χ0v) is 24.5. The van der Waals surface area contributed by atoms with Crippen LogP contribution in [-0.2, 0) is 11.3 Å². The molecule has 0 bridgehead atoms. The Morgan fingerprint density at radius 1 is 0.976 bits per heavy atom. The number of benzene rings is 3. The molecule has 3 aromatic carbocycles. The molecule has 0 unspecified atom stereocenters. The van der Waals surface area contributed by atoms with Crippen molar-refractivity contribution in [3.05, 3.63) is 119 Å². The summed E-state index contributed by atoms with van der Waals surface area (Å²) in [6.45, 7) is 3.17. The Bertz CT molecular complexity index is 1460. The van der Waals surface area contributed by atoms with Gasteiger partial charge in [-0.2, -0.15) is 11.8 Å². The zero-order valence-electron chi connectivity index (χ0n) is 23.7. The summed E-state index contributed by atoms with van der Waals surface area (Å²) in [5.41, 5.74) is 6.31. The molecule has 6 nitrogen and oxygen atoms in total. The number of hydrogen-bond donors (Lipinski definition) is 2. The average molecular weight is 561 g/mol. The minimum absolute atomic E-state index is 0. The Kier molecular flexibility index (Phi) is 12.6. The largest absolute Gasteiger partial charge is 1.00 e. The molecule has 4 rings (SSSR count). The molecule has 4 aromatic rings. The van der Waals surface area contributed by atoms with Gasteiger partial charge in [0.1, 0.15) is 5.76 Å². The fourth-order valence-corrected chi connectivity index (χ4v) is 4.96. The molecular formula is C33H33LiN2O4S. The number of hydrogen-bond acceptors (Lipinski definition) is 6. The van der Waals surface area contributed by atoms with Gasteiger partial charge in [-0.25, -0.2) is 0 Å². The maximum atomic E-state index is 13.3. The predicted octanol–water partition coefficient (Wildman–Crippen LogP) is 2.19. The molecule has 2 N–H and O–H groups in total. The number of carbonyl (C=O) groups excluding carboxylic acids is 2. The van der Waals surface area contributed by atoms with Gasteiger partial charge in [0, 0.05) is 18.7 Å². The smallest absolute Gasteiger partial charge is 0.548 e. The van der Waals surface area contributed by atoms with Crippen molar-refractivity contribution in [1.82, 2.24) is 10.6 Å². The first kappa shape index (κ1) is 32.0. The molecule has 41 heavy (non-hydrogen) atoms. The van der Waals surface area contributed by atoms with E-state index in [-0.39, 0.29) is 18.9 Å². The van der Waals surface area contributed by atoms with Crippen LogP contribution in [0.25, 0.3) is 22.8 Å². The summed E-state index contributed by atoms with van der Waals surface area (Å²) >= 11 is 1.52. The van der Waals surface area contributed by atoms with Gasteiger partial charge in [-0.1, -0.05) is 60.7 Å². The van der Waals surface area contributed by atoms with Crippen LogP contribution in [0.1, 0.15) is 39.2 Å². The number of amides is 1. The number of rotatable bonds is 13. The third kappa shape index (κ3) is 9.01. The predicted molar refractivity (Wildman–Crippen MR) is 161 cm³/mol. The van der Waals surface area contributed by atoms with Crippen LogP contribution in [-0.4, -0.2) is 36.5 Å². The second-order valence-electron chi connectivity index (χ2n) is 9.48. The number of carboxylic acids is 1. The second kappa shape index (κ2) is 16.1. The van der Waals surface area contributed by atoms with Crippen LogP contribution in [0.5, 0.6) is 0 Å². The van der Waals surface area contributed by atoms with E-state index < -0.39 is 17.9 Å². The summed E-state index contributed by atoms with van der Waals surface area (Å²) in [7, 11) is 0. The van der Waals surface area contributed by atoms with Crippen LogP contribution in [0, 0.1) is 6.92 Å². The molecule has 0 spiro atoms. The molecule has 1 aromatic heterocycles. The minimum Gasteiger partial charge on any atom is -0.548 e. The van der Waals surface area contributed by atoms with Crippen LogP contribution in [0.3, 0.4) is 0 Å². The molecule has 0 fully saturated rings. The van der Waals surface area contributed by atoms with Crippen LogP contribution in [0.4, 0.5) is 0 Å². The minimum atomic E-state index is -1.28. The first-order chi connectivity index (χ1) is 19.5. The van der Waals surface area contributed by atoms with Gasteiger partial charge in [0.2, 0.25) is 0 Å². The van der Waals surface area contributed by atoms with Gasteiger partial charge in [0.05, 0.1) is 18.3 Å². The zero-order chi connectivity index (χ0) is 28.3. The Morgan fingerprint density at radius 2 is 1.73 bits per heavy atom. The fourth-order valence-electron chi connectivity index (χ4n) is 4.49. The van der Waals surface area contributed by atoms with E-state index in [1.165, 1.54) is 11.8 Å². The summed E-state index contributed by atoms with van der Waals surface area (Å²) in [6.07, 6.45) is 5.88. The van der Waals surface area contributed by atoms with Crippen LogP contribution in [0.15, 0.2) is 95.6 Å². The molecule has 206 valence electrons. The Balaban J connectivity index is 0.00000462. The van der Waals surface area contributed by atoms with Gasteiger partial charge in [0.25, 0.3) is 5.91 Å². The van der Waals surface area contributed by atoms with Gasteiger partial charge in [-0.05, 0) is 89.1 Å². The molecule has 8 heteroatoms. The van der Waals surface area contributed by atoms with E-state index in [1.807, 2.05) is 86.0 Å². The summed E-state index contributed by atoms with van der Waals surface area (Å²) in [4.78, 5) is 25.0. The van der Waals surface area contributed by atoms with Gasteiger partial charge in [-0.15, -0.1) is 0 Å². The second-order valence-corrected chi connectivity index (χ2v) is 10.5. The van der Waals surface area contributed by atoms with Crippen molar-refractivity contribution in [1.29, 1.82) is 0 Å². The fraction of sp³-hybridized carbons (Fsp3) is 0.212. The summed E-state index contributed by atoms with van der Waals surface area (Å²) in [5, 5.41) is 17.9. The molecule has 0 aliphatic heterocycles. The summed E-state index contributed by atoms with van der Waals surface area (Å²) in [6, 6.07) is 26.4. The maximum absolute atomic E-state index is 13.3. The van der Waals surface area contributed by atoms with Gasteiger partial charge < -0.3 is 25.0 Å². The van der Waals surface area contributed by atoms with E-state index in [0.29, 0.717) is 30.8 Å². The number of thioether (sulfide) groups is 1. The molecule has 0 radical (unpaired) electrons. The summed E-state index contributed by atoms with van der Waals surface area (Å²) < 4.78 is 5.54. The van der Waals surface area contributed by atoms with Gasteiger partial charge >= 0.3 is 18.9 Å². The number of carboxylic acid groups (broad SMARTS) is 1. The van der Waals surface area contributed by atoms with Gasteiger partial charge in [-0.3, -0.25) is 4.79 Å². The Labute approximate surface area is 257 Å². The van der Waals surface area contributed by atoms with Crippen molar-refractivity contribution in [2.24, 2.45) is 0 Å². The number of aliphatic carboxylic acids is 1. The van der Waals surface area contributed by atoms with Crippen molar-refractivity contribution in [3.8, 4) is 11.1 Å². The standard InChI is InChI=1S/C33H34N2O4S.Li/c1-23-9-6-7-13-28(23)30-19-24(14-15-29(30)32(36)35-31(33(37)38)16-18-40-2)21-34-22-26(20-27-12-8-17-39-27)25-10-4-3-5-11-25;/h3-15,17,19-20,31,34H,16,18,21-22H2,1-2H3,(H,35,36)(H,37,38);/q;+1/p-1/t31-;/m0./s1. The number of aryl methyl sites for hydroxylation is 1. The van der Waals surface area contributed by atoms with Crippen LogP contribution < -0.4 is 34.6 Å². The van der Waals surface area contributed by atoms with Crippen molar-refractivity contribution < 1.29 is 38.0 Å². The summed E-state index contributed by atoms with van der Waals surface area (Å²) in [5.74, 6) is -0.323. The van der Waals surface area contributed by atoms with E-state index in [1.54, 1.807) is 12.3 Å². The first-order valence-corrected chi connectivity index (χ1v) is 14.6. The average Bonchev–Trinajstić information content (AvgIpc) is 3.48. The quantitative estimate of drug-likeness (QED) is 0.244. The van der Waals surface area contributed by atoms with Crippen molar-refractivity contribution in [2.45, 2.75) is 25.9 Å². The molecule has 0 saturated heterocycles. The van der Waals surface area contributed by atoms with Crippen molar-refractivity contribution in [2.75, 3.05) is 18.6 Å². The molecular weight excluding hydrogens is 527 g/mol. The number of carbonyl (C=O) groups is 2. The Morgan fingerprint density at radius 3 is 2.41 bits per heavy atom. The van der Waals surface area contributed by atoms with E-state index in [4.69, 9.17) is 4.42 Å². The van der Waals surface area contributed by atoms with E-state index in [0.717, 1.165) is 39.2 Å². The number of nitrogens with one attached hydrogen (secondary N) is 2. The SMILES string of the molecule is CSCC[C@H](NC(=O)c1ccc(CNCC(=Cc2ccco2)c2ccccc2)cc1-c1ccccc1C)C(=O)[O-].[Li+]. The normalized spacial score (nSPS) is 11.9. The van der Waals surface area contributed by atoms with Gasteiger partial charge in [0.15, 0.2) is 0 Å². The molecule has 1 amide bonds. The van der Waals surface area contributed by atoms with Crippen molar-refractivity contribution in [3.63, 3.8) is 0 Å². The first-order valence-electron chi connectivity index (χ1n) is 13.2. The van der Waals surface area contributed by atoms with Crippen molar-refractivity contribution >= 4 is 35.3 Å². The Hall–Kier alpha value is -3.47. The third-order valence-electron chi connectivity index (χ3n) is 6.61. The van der Waals surface area contributed by atoms with Crippen LogP contribution >= 0.6 is 11.8 Å². The number of furan rings is 1. The molecule has 0 aliphatic carbocycles. The van der Waals surface area contributed by atoms with E-state index in [2.05, 4.69) is 22.8 Å². The molecule has 1 atom stereocenters. The molecule has 1 heterocycles. The van der Waals surface area contributed by atoms with E-state index >= 15 is 0 Å². The monoisotopic (exact) mass is 560 g/mol. The maximum Gasteiger partial charge on any atom is 1.00 e. The third-order valence-corrected chi connectivity index (χ3v) is 7.26. The van der Waals surface area contributed by atoms with Crippen LogP contribution in [0.2, 0.25) is 0 Å². The van der Waals surface area contributed by atoms with E-state index in [9.17, 15) is 14.7 Å².